The minimum absolute atomic E-state index is 0.101. The van der Waals surface area contributed by atoms with Gasteiger partial charge in [0.15, 0.2) is 0 Å². The Morgan fingerprint density at radius 3 is 2.31 bits per heavy atom. The van der Waals surface area contributed by atoms with E-state index in [-0.39, 0.29) is 17.4 Å². The van der Waals surface area contributed by atoms with Gasteiger partial charge in [-0.2, -0.15) is 0 Å². The van der Waals surface area contributed by atoms with Crippen LogP contribution in [-0.2, 0) is 4.79 Å². The average Bonchev–Trinajstić information content (AvgIpc) is 2.73. The molecule has 0 aromatic heterocycles. The Balaban J connectivity index is 1.74. The standard InChI is InChI=1S/C22H27N3O4/c1-15(2)21(26)23-18-9-8-16(14-17(18)22(27)28)24-10-12-25(13-11-24)19-6-4-5-7-20(19)29-3/h4-9,14-15H,10-13H2,1-3H3,(H,23,26)(H,27,28). The van der Waals surface area contributed by atoms with Crippen molar-refractivity contribution >= 4 is 28.9 Å². The molecule has 1 fully saturated rings. The molecule has 2 aromatic carbocycles. The Hall–Kier alpha value is -3.22. The van der Waals surface area contributed by atoms with Gasteiger partial charge in [0.1, 0.15) is 5.75 Å². The van der Waals surface area contributed by atoms with Crippen LogP contribution in [0, 0.1) is 5.92 Å². The normalized spacial score (nSPS) is 14.1. The van der Waals surface area contributed by atoms with Crippen LogP contribution < -0.4 is 19.9 Å². The number of nitrogens with one attached hydrogen (secondary N) is 1. The highest BCUT2D eigenvalue weighted by molar-refractivity contribution is 6.01. The molecule has 0 spiro atoms. The highest BCUT2D eigenvalue weighted by Gasteiger charge is 2.22. The third kappa shape index (κ3) is 4.62. The van der Waals surface area contributed by atoms with E-state index in [1.807, 2.05) is 30.3 Å². The third-order valence-electron chi connectivity index (χ3n) is 5.09. The summed E-state index contributed by atoms with van der Waals surface area (Å²) in [5.74, 6) is -0.636. The van der Waals surface area contributed by atoms with Crippen molar-refractivity contribution < 1.29 is 19.4 Å². The zero-order valence-corrected chi connectivity index (χ0v) is 17.0. The van der Waals surface area contributed by atoms with Gasteiger partial charge in [-0.25, -0.2) is 4.79 Å². The summed E-state index contributed by atoms with van der Waals surface area (Å²) in [5, 5.41) is 12.3. The molecule has 2 N–H and O–H groups in total. The van der Waals surface area contributed by atoms with Gasteiger partial charge in [0.05, 0.1) is 24.0 Å². The second-order valence-corrected chi connectivity index (χ2v) is 7.32. The second kappa shape index (κ2) is 8.86. The number of hydrogen-bond donors (Lipinski definition) is 2. The smallest absolute Gasteiger partial charge is 0.337 e. The minimum atomic E-state index is -1.06. The van der Waals surface area contributed by atoms with Crippen LogP contribution in [0.15, 0.2) is 42.5 Å². The molecule has 0 atom stereocenters. The second-order valence-electron chi connectivity index (χ2n) is 7.32. The molecular weight excluding hydrogens is 370 g/mol. The number of aromatic carboxylic acids is 1. The predicted octanol–water partition coefficient (Wildman–Crippen LogP) is 3.31. The van der Waals surface area contributed by atoms with E-state index in [0.717, 1.165) is 43.3 Å². The van der Waals surface area contributed by atoms with Crippen LogP contribution in [0.25, 0.3) is 0 Å². The Morgan fingerprint density at radius 2 is 1.69 bits per heavy atom. The summed E-state index contributed by atoms with van der Waals surface area (Å²) in [7, 11) is 1.67. The summed E-state index contributed by atoms with van der Waals surface area (Å²) >= 11 is 0. The number of piperazine rings is 1. The van der Waals surface area contributed by atoms with Crippen LogP contribution >= 0.6 is 0 Å². The molecule has 0 radical (unpaired) electrons. The van der Waals surface area contributed by atoms with Crippen LogP contribution in [0.4, 0.5) is 17.1 Å². The van der Waals surface area contributed by atoms with Gasteiger partial charge in [-0.3, -0.25) is 4.79 Å². The summed E-state index contributed by atoms with van der Waals surface area (Å²) in [5.41, 5.74) is 2.33. The van der Waals surface area contributed by atoms with Gasteiger partial charge in [0.25, 0.3) is 0 Å². The first-order valence-electron chi connectivity index (χ1n) is 9.72. The summed E-state index contributed by atoms with van der Waals surface area (Å²) in [6, 6.07) is 13.1. The Kier molecular flexibility index (Phi) is 6.26. The van der Waals surface area contributed by atoms with Crippen LogP contribution in [0.3, 0.4) is 0 Å². The molecule has 1 saturated heterocycles. The highest BCUT2D eigenvalue weighted by Crippen LogP contribution is 2.30. The van der Waals surface area contributed by atoms with Gasteiger partial charge in [-0.15, -0.1) is 0 Å². The number of nitrogens with zero attached hydrogens (tertiary/aromatic N) is 2. The summed E-state index contributed by atoms with van der Waals surface area (Å²) in [6.07, 6.45) is 0. The number of carbonyl (C=O) groups excluding carboxylic acids is 1. The van der Waals surface area contributed by atoms with Gasteiger partial charge >= 0.3 is 5.97 Å². The molecular formula is C22H27N3O4. The lowest BCUT2D eigenvalue weighted by atomic mass is 10.1. The number of carbonyl (C=O) groups is 2. The fraction of sp³-hybridized carbons (Fsp3) is 0.364. The number of benzene rings is 2. The predicted molar refractivity (Wildman–Crippen MR) is 114 cm³/mol. The Bertz CT molecular complexity index is 889. The van der Waals surface area contributed by atoms with E-state index in [4.69, 9.17) is 4.74 Å². The van der Waals surface area contributed by atoms with Gasteiger partial charge in [-0.1, -0.05) is 26.0 Å². The lowest BCUT2D eigenvalue weighted by molar-refractivity contribution is -0.118. The first kappa shape index (κ1) is 20.5. The monoisotopic (exact) mass is 397 g/mol. The largest absolute Gasteiger partial charge is 0.495 e. The number of anilines is 3. The van der Waals surface area contributed by atoms with Gasteiger partial charge < -0.3 is 25.0 Å². The number of para-hydroxylation sites is 2. The molecule has 7 nitrogen and oxygen atoms in total. The molecule has 1 amide bonds. The maximum atomic E-state index is 12.0. The van der Waals surface area contributed by atoms with Crippen molar-refractivity contribution in [1.82, 2.24) is 0 Å². The maximum Gasteiger partial charge on any atom is 0.337 e. The van der Waals surface area contributed by atoms with Crippen molar-refractivity contribution in [1.29, 1.82) is 0 Å². The van der Waals surface area contributed by atoms with Crippen LogP contribution in [0.1, 0.15) is 24.2 Å². The Morgan fingerprint density at radius 1 is 1.03 bits per heavy atom. The molecule has 0 bridgehead atoms. The van der Waals surface area contributed by atoms with E-state index in [1.54, 1.807) is 33.1 Å². The molecule has 0 aliphatic carbocycles. The van der Waals surface area contributed by atoms with E-state index in [0.29, 0.717) is 5.69 Å². The van der Waals surface area contributed by atoms with Crippen molar-refractivity contribution in [2.75, 3.05) is 48.4 Å². The van der Waals surface area contributed by atoms with Crippen molar-refractivity contribution in [2.45, 2.75) is 13.8 Å². The summed E-state index contributed by atoms with van der Waals surface area (Å²) < 4.78 is 5.46. The van der Waals surface area contributed by atoms with Crippen molar-refractivity contribution in [3.63, 3.8) is 0 Å². The van der Waals surface area contributed by atoms with E-state index < -0.39 is 5.97 Å². The first-order valence-corrected chi connectivity index (χ1v) is 9.72. The van der Waals surface area contributed by atoms with Crippen LogP contribution in [-0.4, -0.2) is 50.3 Å². The maximum absolute atomic E-state index is 12.0. The lowest BCUT2D eigenvalue weighted by Gasteiger charge is -2.38. The Labute approximate surface area is 170 Å². The minimum Gasteiger partial charge on any atom is -0.495 e. The number of carboxylic acids is 1. The van der Waals surface area contributed by atoms with Gasteiger partial charge in [0.2, 0.25) is 5.91 Å². The quantitative estimate of drug-likeness (QED) is 0.778. The SMILES string of the molecule is COc1ccccc1N1CCN(c2ccc(NC(=O)C(C)C)c(C(=O)O)c2)CC1. The molecule has 2 aromatic rings. The molecule has 154 valence electrons. The number of carboxylic acid groups (broad SMARTS) is 1. The van der Waals surface area contributed by atoms with E-state index in [2.05, 4.69) is 15.1 Å². The van der Waals surface area contributed by atoms with E-state index in [1.165, 1.54) is 0 Å². The zero-order valence-electron chi connectivity index (χ0n) is 17.0. The van der Waals surface area contributed by atoms with Crippen molar-refractivity contribution in [3.05, 3.63) is 48.0 Å². The van der Waals surface area contributed by atoms with Crippen molar-refractivity contribution in [3.8, 4) is 5.75 Å². The highest BCUT2D eigenvalue weighted by atomic mass is 16.5. The van der Waals surface area contributed by atoms with Crippen LogP contribution in [0.5, 0.6) is 5.75 Å². The molecule has 29 heavy (non-hydrogen) atoms. The molecule has 1 heterocycles. The molecule has 1 aliphatic heterocycles. The summed E-state index contributed by atoms with van der Waals surface area (Å²) in [4.78, 5) is 28.1. The first-order chi connectivity index (χ1) is 13.9. The number of rotatable bonds is 6. The molecule has 1 aliphatic rings. The third-order valence-corrected chi connectivity index (χ3v) is 5.09. The number of hydrogen-bond acceptors (Lipinski definition) is 5. The van der Waals surface area contributed by atoms with Crippen LogP contribution in [0.2, 0.25) is 0 Å². The summed E-state index contributed by atoms with van der Waals surface area (Å²) in [6.45, 7) is 6.66. The lowest BCUT2D eigenvalue weighted by Crippen LogP contribution is -2.46. The average molecular weight is 397 g/mol. The number of ether oxygens (including phenoxy) is 1. The fourth-order valence-electron chi connectivity index (χ4n) is 3.39. The number of amides is 1. The van der Waals surface area contributed by atoms with Gasteiger partial charge in [-0.05, 0) is 30.3 Å². The number of methoxy groups -OCH3 is 1. The molecule has 7 heteroatoms. The van der Waals surface area contributed by atoms with E-state index in [9.17, 15) is 14.7 Å². The van der Waals surface area contributed by atoms with E-state index >= 15 is 0 Å². The molecule has 0 saturated carbocycles. The van der Waals surface area contributed by atoms with Crippen molar-refractivity contribution in [2.24, 2.45) is 5.92 Å². The fourth-order valence-corrected chi connectivity index (χ4v) is 3.39. The molecule has 3 rings (SSSR count). The molecule has 0 unspecified atom stereocenters. The zero-order chi connectivity index (χ0) is 21.0. The van der Waals surface area contributed by atoms with Gasteiger partial charge in [0, 0.05) is 37.8 Å². The topological polar surface area (TPSA) is 82.1 Å².